The zero-order chi connectivity index (χ0) is 12.5. The number of carbonyl (C=O) groups is 1. The molecular formula is C12H13ClFNO2. The molecule has 2 rings (SSSR count). The predicted molar refractivity (Wildman–Crippen MR) is 62.7 cm³/mol. The van der Waals surface area contributed by atoms with E-state index in [1.165, 1.54) is 18.2 Å². The Bertz CT molecular complexity index is 446. The molecule has 0 spiro atoms. The van der Waals surface area contributed by atoms with Gasteiger partial charge in [0.05, 0.1) is 23.8 Å². The highest BCUT2D eigenvalue weighted by molar-refractivity contribution is 6.34. The maximum Gasteiger partial charge on any atom is 0.252 e. The van der Waals surface area contributed by atoms with E-state index in [1.54, 1.807) is 0 Å². The molecule has 0 unspecified atom stereocenters. The van der Waals surface area contributed by atoms with Crippen LogP contribution in [0.4, 0.5) is 4.39 Å². The molecule has 3 nitrogen and oxygen atoms in total. The molecule has 1 aliphatic rings. The van der Waals surface area contributed by atoms with Crippen molar-refractivity contribution in [3.8, 4) is 0 Å². The van der Waals surface area contributed by atoms with E-state index in [-0.39, 0.29) is 21.9 Å². The monoisotopic (exact) mass is 257 g/mol. The molecule has 1 aromatic carbocycles. The van der Waals surface area contributed by atoms with E-state index in [1.807, 2.05) is 6.92 Å². The van der Waals surface area contributed by atoms with E-state index in [9.17, 15) is 9.18 Å². The van der Waals surface area contributed by atoms with Gasteiger partial charge in [-0.15, -0.1) is 0 Å². The van der Waals surface area contributed by atoms with E-state index in [0.717, 1.165) is 0 Å². The SMILES string of the molecule is CC1(CNC(=O)c2cccc(F)c2Cl)COC1. The Balaban J connectivity index is 2.02. The molecule has 1 aliphatic heterocycles. The lowest BCUT2D eigenvalue weighted by molar-refractivity contribution is -0.0978. The topological polar surface area (TPSA) is 38.3 Å². The Morgan fingerprint density at radius 3 is 2.88 bits per heavy atom. The van der Waals surface area contributed by atoms with Crippen LogP contribution < -0.4 is 5.32 Å². The van der Waals surface area contributed by atoms with Gasteiger partial charge in [0.25, 0.3) is 5.91 Å². The largest absolute Gasteiger partial charge is 0.380 e. The summed E-state index contributed by atoms with van der Waals surface area (Å²) in [6, 6.07) is 4.19. The van der Waals surface area contributed by atoms with E-state index < -0.39 is 5.82 Å². The Kier molecular flexibility index (Phi) is 3.35. The van der Waals surface area contributed by atoms with E-state index in [0.29, 0.717) is 19.8 Å². The van der Waals surface area contributed by atoms with Gasteiger partial charge in [0.15, 0.2) is 0 Å². The van der Waals surface area contributed by atoms with Crippen LogP contribution in [-0.2, 0) is 4.74 Å². The standard InChI is InChI=1S/C12H13ClFNO2/c1-12(6-17-7-12)5-15-11(16)8-3-2-4-9(14)10(8)13/h2-4H,5-7H2,1H3,(H,15,16). The molecule has 17 heavy (non-hydrogen) atoms. The lowest BCUT2D eigenvalue weighted by atomic mass is 9.88. The van der Waals surface area contributed by atoms with E-state index in [4.69, 9.17) is 16.3 Å². The first kappa shape index (κ1) is 12.3. The third-order valence-electron chi connectivity index (χ3n) is 2.77. The summed E-state index contributed by atoms with van der Waals surface area (Å²) in [5.41, 5.74) is 0.144. The summed E-state index contributed by atoms with van der Waals surface area (Å²) < 4.78 is 18.2. The molecule has 0 bridgehead atoms. The zero-order valence-electron chi connectivity index (χ0n) is 9.43. The zero-order valence-corrected chi connectivity index (χ0v) is 10.2. The van der Waals surface area contributed by atoms with Gasteiger partial charge >= 0.3 is 0 Å². The maximum atomic E-state index is 13.2. The van der Waals surface area contributed by atoms with Crippen LogP contribution in [-0.4, -0.2) is 25.7 Å². The molecule has 1 fully saturated rings. The first-order valence-electron chi connectivity index (χ1n) is 5.32. The molecule has 1 amide bonds. The number of carbonyl (C=O) groups excluding carboxylic acids is 1. The molecule has 1 saturated heterocycles. The van der Waals surface area contributed by atoms with Crippen molar-refractivity contribution in [2.45, 2.75) is 6.92 Å². The number of nitrogens with one attached hydrogen (secondary N) is 1. The number of hydrogen-bond donors (Lipinski definition) is 1. The number of ether oxygens (including phenoxy) is 1. The summed E-state index contributed by atoms with van der Waals surface area (Å²) in [4.78, 5) is 11.8. The van der Waals surface area contributed by atoms with Gasteiger partial charge in [-0.1, -0.05) is 24.6 Å². The van der Waals surface area contributed by atoms with Crippen molar-refractivity contribution in [2.75, 3.05) is 19.8 Å². The second-order valence-corrected chi connectivity index (χ2v) is 4.97. The first-order valence-corrected chi connectivity index (χ1v) is 5.70. The van der Waals surface area contributed by atoms with Crippen molar-refractivity contribution >= 4 is 17.5 Å². The minimum atomic E-state index is -0.586. The van der Waals surface area contributed by atoms with Crippen molar-refractivity contribution in [1.82, 2.24) is 5.32 Å². The normalized spacial score (nSPS) is 17.4. The van der Waals surface area contributed by atoms with Crippen LogP contribution in [0.5, 0.6) is 0 Å². The highest BCUT2D eigenvalue weighted by atomic mass is 35.5. The predicted octanol–water partition coefficient (Wildman–Crippen LogP) is 2.25. The van der Waals surface area contributed by atoms with Crippen LogP contribution in [0, 0.1) is 11.2 Å². The lowest BCUT2D eigenvalue weighted by Crippen LogP contribution is -2.48. The van der Waals surface area contributed by atoms with Gasteiger partial charge in [0.1, 0.15) is 5.82 Å². The van der Waals surface area contributed by atoms with Crippen molar-refractivity contribution in [1.29, 1.82) is 0 Å². The Morgan fingerprint density at radius 2 is 2.29 bits per heavy atom. The Labute approximate surface area is 104 Å². The third kappa shape index (κ3) is 2.58. The van der Waals surface area contributed by atoms with Crippen LogP contribution >= 0.6 is 11.6 Å². The first-order chi connectivity index (χ1) is 8.02. The summed E-state index contributed by atoms with van der Waals surface area (Å²) in [6.45, 7) is 3.77. The third-order valence-corrected chi connectivity index (χ3v) is 3.16. The quantitative estimate of drug-likeness (QED) is 0.902. The number of benzene rings is 1. The van der Waals surface area contributed by atoms with Gasteiger partial charge in [-0.2, -0.15) is 0 Å². The van der Waals surface area contributed by atoms with Gasteiger partial charge in [0.2, 0.25) is 0 Å². The Morgan fingerprint density at radius 1 is 1.59 bits per heavy atom. The smallest absolute Gasteiger partial charge is 0.252 e. The Hall–Kier alpha value is -1.13. The number of rotatable bonds is 3. The highest BCUT2D eigenvalue weighted by Crippen LogP contribution is 2.25. The van der Waals surface area contributed by atoms with Gasteiger partial charge in [-0.3, -0.25) is 4.79 Å². The van der Waals surface area contributed by atoms with Crippen LogP contribution in [0.15, 0.2) is 18.2 Å². The van der Waals surface area contributed by atoms with Crippen molar-refractivity contribution in [2.24, 2.45) is 5.41 Å². The second kappa shape index (κ2) is 4.63. The van der Waals surface area contributed by atoms with E-state index in [2.05, 4.69) is 5.32 Å². The fourth-order valence-electron chi connectivity index (χ4n) is 1.62. The van der Waals surface area contributed by atoms with Crippen LogP contribution in [0.25, 0.3) is 0 Å². The molecule has 0 aromatic heterocycles. The summed E-state index contributed by atoms with van der Waals surface area (Å²) in [5.74, 6) is -0.944. The molecular weight excluding hydrogens is 245 g/mol. The maximum absolute atomic E-state index is 13.2. The number of halogens is 2. The lowest BCUT2D eigenvalue weighted by Gasteiger charge is -2.38. The van der Waals surface area contributed by atoms with Crippen molar-refractivity contribution in [3.05, 3.63) is 34.6 Å². The van der Waals surface area contributed by atoms with Crippen LogP contribution in [0.3, 0.4) is 0 Å². The minimum absolute atomic E-state index is 0.0184. The minimum Gasteiger partial charge on any atom is -0.380 e. The van der Waals surface area contributed by atoms with Crippen LogP contribution in [0.2, 0.25) is 5.02 Å². The summed E-state index contributed by atoms with van der Waals surface area (Å²) in [7, 11) is 0. The molecule has 1 heterocycles. The molecule has 0 atom stereocenters. The van der Waals surface area contributed by atoms with Gasteiger partial charge < -0.3 is 10.1 Å². The van der Waals surface area contributed by atoms with Crippen molar-refractivity contribution in [3.63, 3.8) is 0 Å². The summed E-state index contributed by atoms with van der Waals surface area (Å²) >= 11 is 5.73. The highest BCUT2D eigenvalue weighted by Gasteiger charge is 2.33. The fraction of sp³-hybridized carbons (Fsp3) is 0.417. The molecule has 92 valence electrons. The molecule has 5 heteroatoms. The van der Waals surface area contributed by atoms with Gasteiger partial charge in [-0.05, 0) is 12.1 Å². The van der Waals surface area contributed by atoms with Crippen molar-refractivity contribution < 1.29 is 13.9 Å². The van der Waals surface area contributed by atoms with Crippen LogP contribution in [0.1, 0.15) is 17.3 Å². The summed E-state index contributed by atoms with van der Waals surface area (Å²) in [6.07, 6.45) is 0. The van der Waals surface area contributed by atoms with E-state index >= 15 is 0 Å². The van der Waals surface area contributed by atoms with Gasteiger partial charge in [0, 0.05) is 12.0 Å². The average Bonchev–Trinajstić information content (AvgIpc) is 2.27. The molecule has 1 N–H and O–H groups in total. The molecule has 0 radical (unpaired) electrons. The second-order valence-electron chi connectivity index (χ2n) is 4.59. The van der Waals surface area contributed by atoms with Gasteiger partial charge in [-0.25, -0.2) is 4.39 Å². The molecule has 0 aliphatic carbocycles. The molecule has 1 aromatic rings. The number of hydrogen-bond acceptors (Lipinski definition) is 2. The summed E-state index contributed by atoms with van der Waals surface area (Å²) in [5, 5.41) is 2.60. The fourth-order valence-corrected chi connectivity index (χ4v) is 1.83. The molecule has 0 saturated carbocycles. The number of amides is 1. The average molecular weight is 258 g/mol.